The van der Waals surface area contributed by atoms with E-state index in [4.69, 9.17) is 9.47 Å². The van der Waals surface area contributed by atoms with Gasteiger partial charge in [-0.3, -0.25) is 9.79 Å². The van der Waals surface area contributed by atoms with Gasteiger partial charge in [0.05, 0.1) is 13.7 Å². The van der Waals surface area contributed by atoms with Crippen LogP contribution < -0.4 is 15.4 Å². The summed E-state index contributed by atoms with van der Waals surface area (Å²) in [6.45, 7) is 3.70. The van der Waals surface area contributed by atoms with Gasteiger partial charge in [0.2, 0.25) is 0 Å². The van der Waals surface area contributed by atoms with Crippen LogP contribution in [0.3, 0.4) is 0 Å². The molecule has 0 aliphatic rings. The molecule has 0 aliphatic heterocycles. The van der Waals surface area contributed by atoms with Crippen LogP contribution in [-0.4, -0.2) is 45.8 Å². The molecule has 0 radical (unpaired) electrons. The number of ether oxygens (including phenoxy) is 2. The zero-order valence-electron chi connectivity index (χ0n) is 14.6. The Balaban J connectivity index is 0.00000529. The van der Waals surface area contributed by atoms with Crippen LogP contribution in [0.2, 0.25) is 0 Å². The normalized spacial score (nSPS) is 10.5. The number of nitrogens with one attached hydrogen (secondary N) is 2. The van der Waals surface area contributed by atoms with Crippen molar-refractivity contribution in [3.8, 4) is 5.75 Å². The molecule has 6 nitrogen and oxygen atoms in total. The number of esters is 1. The lowest BCUT2D eigenvalue weighted by Gasteiger charge is -2.12. The molecule has 1 rings (SSSR count). The summed E-state index contributed by atoms with van der Waals surface area (Å²) in [5.41, 5.74) is 1.23. The minimum atomic E-state index is -0.156. The third kappa shape index (κ3) is 9.59. The van der Waals surface area contributed by atoms with E-state index >= 15 is 0 Å². The predicted molar refractivity (Wildman–Crippen MR) is 107 cm³/mol. The van der Waals surface area contributed by atoms with E-state index in [1.807, 2.05) is 19.1 Å². The molecule has 24 heavy (non-hydrogen) atoms. The summed E-state index contributed by atoms with van der Waals surface area (Å²) < 4.78 is 10.0. The van der Waals surface area contributed by atoms with Gasteiger partial charge in [-0.25, -0.2) is 0 Å². The fraction of sp³-hybridized carbons (Fsp3) is 0.529. The molecule has 0 saturated carbocycles. The first kappa shape index (κ1) is 22.5. The summed E-state index contributed by atoms with van der Waals surface area (Å²) in [6, 6.07) is 8.02. The molecule has 0 heterocycles. The Bertz CT molecular complexity index is 492. The minimum absolute atomic E-state index is 0. The van der Waals surface area contributed by atoms with E-state index in [0.29, 0.717) is 19.6 Å². The van der Waals surface area contributed by atoms with Crippen molar-refractivity contribution in [3.63, 3.8) is 0 Å². The van der Waals surface area contributed by atoms with Crippen LogP contribution >= 0.6 is 24.0 Å². The second-order valence-corrected chi connectivity index (χ2v) is 4.93. The predicted octanol–water partition coefficient (Wildman–Crippen LogP) is 2.36. The number of benzene rings is 1. The Morgan fingerprint density at radius 3 is 2.42 bits per heavy atom. The summed E-state index contributed by atoms with van der Waals surface area (Å²) in [7, 11) is 3.39. The monoisotopic (exact) mass is 449 g/mol. The fourth-order valence-electron chi connectivity index (χ4n) is 2.01. The molecule has 0 aliphatic carbocycles. The van der Waals surface area contributed by atoms with Gasteiger partial charge in [-0.1, -0.05) is 12.1 Å². The first-order valence-corrected chi connectivity index (χ1v) is 7.92. The highest BCUT2D eigenvalue weighted by Crippen LogP contribution is 2.11. The van der Waals surface area contributed by atoms with Crippen LogP contribution in [0.5, 0.6) is 5.75 Å². The van der Waals surface area contributed by atoms with E-state index in [1.54, 1.807) is 14.2 Å². The number of nitrogens with zero attached hydrogens (tertiary/aromatic N) is 1. The van der Waals surface area contributed by atoms with Gasteiger partial charge in [0, 0.05) is 26.6 Å². The van der Waals surface area contributed by atoms with Gasteiger partial charge in [-0.15, -0.1) is 24.0 Å². The molecule has 0 spiro atoms. The summed E-state index contributed by atoms with van der Waals surface area (Å²) in [5.74, 6) is 1.44. The number of hydrogen-bond acceptors (Lipinski definition) is 4. The van der Waals surface area contributed by atoms with Crippen molar-refractivity contribution in [2.75, 3.05) is 33.9 Å². The third-order valence-electron chi connectivity index (χ3n) is 3.24. The average Bonchev–Trinajstić information content (AvgIpc) is 2.57. The Hall–Kier alpha value is -1.51. The first-order chi connectivity index (χ1) is 11.2. The Labute approximate surface area is 161 Å². The van der Waals surface area contributed by atoms with Crippen LogP contribution in [0.1, 0.15) is 25.3 Å². The van der Waals surface area contributed by atoms with Crippen molar-refractivity contribution in [2.45, 2.75) is 26.2 Å². The lowest BCUT2D eigenvalue weighted by Crippen LogP contribution is -2.38. The largest absolute Gasteiger partial charge is 0.497 e. The maximum absolute atomic E-state index is 11.2. The SMILES string of the molecule is CCOC(=O)CCCNC(=NC)NCCc1ccc(OC)cc1.I. The molecule has 0 aromatic heterocycles. The zero-order valence-corrected chi connectivity index (χ0v) is 17.0. The number of methoxy groups -OCH3 is 1. The number of halogens is 1. The summed E-state index contributed by atoms with van der Waals surface area (Å²) in [5, 5.41) is 6.43. The topological polar surface area (TPSA) is 72.0 Å². The molecule has 0 saturated heterocycles. The van der Waals surface area contributed by atoms with Crippen molar-refractivity contribution in [1.82, 2.24) is 10.6 Å². The van der Waals surface area contributed by atoms with Gasteiger partial charge in [0.15, 0.2) is 5.96 Å². The van der Waals surface area contributed by atoms with Gasteiger partial charge in [-0.2, -0.15) is 0 Å². The number of rotatable bonds is 9. The molecule has 136 valence electrons. The molecule has 2 N–H and O–H groups in total. The van der Waals surface area contributed by atoms with Gasteiger partial charge < -0.3 is 20.1 Å². The smallest absolute Gasteiger partial charge is 0.305 e. The molecule has 1 aromatic carbocycles. The van der Waals surface area contributed by atoms with Gasteiger partial charge in [-0.05, 0) is 37.5 Å². The molecule has 0 unspecified atom stereocenters. The lowest BCUT2D eigenvalue weighted by atomic mass is 10.1. The van der Waals surface area contributed by atoms with E-state index in [2.05, 4.69) is 27.8 Å². The number of carbonyl (C=O) groups is 1. The van der Waals surface area contributed by atoms with E-state index in [1.165, 1.54) is 5.56 Å². The third-order valence-corrected chi connectivity index (χ3v) is 3.24. The highest BCUT2D eigenvalue weighted by molar-refractivity contribution is 14.0. The molecule has 0 bridgehead atoms. The van der Waals surface area contributed by atoms with Crippen LogP contribution in [0.15, 0.2) is 29.3 Å². The molecular formula is C17H28IN3O3. The van der Waals surface area contributed by atoms with Crippen LogP contribution in [0.25, 0.3) is 0 Å². The summed E-state index contributed by atoms with van der Waals surface area (Å²) in [4.78, 5) is 15.4. The van der Waals surface area contributed by atoms with E-state index < -0.39 is 0 Å². The number of aliphatic imine (C=N–C) groups is 1. The minimum Gasteiger partial charge on any atom is -0.497 e. The van der Waals surface area contributed by atoms with Crippen LogP contribution in [-0.2, 0) is 16.0 Å². The molecule has 0 amide bonds. The average molecular weight is 449 g/mol. The maximum Gasteiger partial charge on any atom is 0.305 e. The second kappa shape index (κ2) is 13.9. The van der Waals surface area contributed by atoms with Crippen molar-refractivity contribution >= 4 is 35.9 Å². The number of hydrogen-bond donors (Lipinski definition) is 2. The van der Waals surface area contributed by atoms with E-state index in [-0.39, 0.29) is 29.9 Å². The van der Waals surface area contributed by atoms with Crippen molar-refractivity contribution in [1.29, 1.82) is 0 Å². The second-order valence-electron chi connectivity index (χ2n) is 4.93. The molecule has 0 atom stereocenters. The fourth-order valence-corrected chi connectivity index (χ4v) is 2.01. The van der Waals surface area contributed by atoms with Crippen LogP contribution in [0.4, 0.5) is 0 Å². The van der Waals surface area contributed by atoms with E-state index in [0.717, 1.165) is 31.1 Å². The molecular weight excluding hydrogens is 421 g/mol. The zero-order chi connectivity index (χ0) is 16.9. The Morgan fingerprint density at radius 2 is 1.83 bits per heavy atom. The van der Waals surface area contributed by atoms with E-state index in [9.17, 15) is 4.79 Å². The Kier molecular flexibility index (Phi) is 13.0. The van der Waals surface area contributed by atoms with Gasteiger partial charge >= 0.3 is 5.97 Å². The number of carbonyl (C=O) groups excluding carboxylic acids is 1. The van der Waals surface area contributed by atoms with Gasteiger partial charge in [0.25, 0.3) is 0 Å². The highest BCUT2D eigenvalue weighted by Gasteiger charge is 2.02. The number of guanidine groups is 1. The highest BCUT2D eigenvalue weighted by atomic mass is 127. The van der Waals surface area contributed by atoms with Crippen molar-refractivity contribution in [3.05, 3.63) is 29.8 Å². The quantitative estimate of drug-likeness (QED) is 0.199. The maximum atomic E-state index is 11.2. The Morgan fingerprint density at radius 1 is 1.17 bits per heavy atom. The molecule has 0 fully saturated rings. The van der Waals surface area contributed by atoms with Crippen LogP contribution in [0, 0.1) is 0 Å². The lowest BCUT2D eigenvalue weighted by molar-refractivity contribution is -0.143. The van der Waals surface area contributed by atoms with Crippen molar-refractivity contribution in [2.24, 2.45) is 4.99 Å². The standard InChI is InChI=1S/C17H27N3O3.HI/c1-4-23-16(21)6-5-12-19-17(18-2)20-13-11-14-7-9-15(22-3)10-8-14;/h7-10H,4-6,11-13H2,1-3H3,(H2,18,19,20);1H. The molecule has 1 aromatic rings. The van der Waals surface area contributed by atoms with Gasteiger partial charge in [0.1, 0.15) is 5.75 Å². The summed E-state index contributed by atoms with van der Waals surface area (Å²) >= 11 is 0. The molecule has 7 heteroatoms. The van der Waals surface area contributed by atoms with Crippen molar-refractivity contribution < 1.29 is 14.3 Å². The summed E-state index contributed by atoms with van der Waals surface area (Å²) in [6.07, 6.45) is 2.04. The first-order valence-electron chi connectivity index (χ1n) is 7.92.